The normalized spacial score (nSPS) is 10.1. The molecule has 0 aliphatic rings. The van der Waals surface area contributed by atoms with Crippen molar-refractivity contribution in [2.75, 3.05) is 6.61 Å². The van der Waals surface area contributed by atoms with Crippen LogP contribution in [0.1, 0.15) is 11.1 Å². The Morgan fingerprint density at radius 3 is 2.44 bits per heavy atom. The van der Waals surface area contributed by atoms with Gasteiger partial charge in [0.25, 0.3) is 0 Å². The molecule has 3 heteroatoms. The van der Waals surface area contributed by atoms with Crippen molar-refractivity contribution in [3.63, 3.8) is 0 Å². The summed E-state index contributed by atoms with van der Waals surface area (Å²) >= 11 is 2.27. The number of nitriles is 1. The van der Waals surface area contributed by atoms with Crippen molar-refractivity contribution in [3.8, 4) is 17.2 Å². The summed E-state index contributed by atoms with van der Waals surface area (Å²) in [5, 5.41) is 17.9. The maximum absolute atomic E-state index is 9.12. The molecule has 0 saturated heterocycles. The van der Waals surface area contributed by atoms with E-state index in [9.17, 15) is 0 Å². The van der Waals surface area contributed by atoms with Crippen LogP contribution in [0, 0.1) is 14.9 Å². The molecule has 1 N–H and O–H groups in total. The summed E-state index contributed by atoms with van der Waals surface area (Å²) in [5.41, 5.74) is 3.99. The first-order valence-electron chi connectivity index (χ1n) is 5.64. The van der Waals surface area contributed by atoms with Crippen molar-refractivity contribution in [1.29, 1.82) is 5.26 Å². The lowest BCUT2D eigenvalue weighted by molar-refractivity contribution is 0.300. The molecule has 0 heterocycles. The van der Waals surface area contributed by atoms with E-state index in [1.807, 2.05) is 24.3 Å². The zero-order valence-corrected chi connectivity index (χ0v) is 11.9. The van der Waals surface area contributed by atoms with Crippen LogP contribution < -0.4 is 0 Å². The van der Waals surface area contributed by atoms with E-state index in [1.165, 1.54) is 0 Å². The van der Waals surface area contributed by atoms with Crippen LogP contribution in [-0.4, -0.2) is 11.7 Å². The molecule has 2 aromatic rings. The van der Waals surface area contributed by atoms with Gasteiger partial charge in [0, 0.05) is 10.2 Å². The van der Waals surface area contributed by atoms with Crippen LogP contribution >= 0.6 is 22.6 Å². The van der Waals surface area contributed by atoms with Crippen LogP contribution in [-0.2, 0) is 6.42 Å². The van der Waals surface area contributed by atoms with Crippen molar-refractivity contribution >= 4 is 22.6 Å². The van der Waals surface area contributed by atoms with Gasteiger partial charge in [0.2, 0.25) is 0 Å². The number of benzene rings is 2. The molecule has 0 saturated carbocycles. The van der Waals surface area contributed by atoms with Gasteiger partial charge in [0.05, 0.1) is 11.6 Å². The SMILES string of the molecule is N#Cc1ccc(-c2ccc(I)cc2CCO)cc1. The minimum absolute atomic E-state index is 0.142. The fraction of sp³-hybridized carbons (Fsp3) is 0.133. The van der Waals surface area contributed by atoms with Crippen molar-refractivity contribution in [1.82, 2.24) is 0 Å². The van der Waals surface area contributed by atoms with Gasteiger partial charge < -0.3 is 5.11 Å². The molecular weight excluding hydrogens is 337 g/mol. The number of halogens is 1. The van der Waals surface area contributed by atoms with Crippen LogP contribution in [0.2, 0.25) is 0 Å². The maximum atomic E-state index is 9.12. The molecule has 0 spiro atoms. The molecule has 0 radical (unpaired) electrons. The molecule has 2 rings (SSSR count). The Morgan fingerprint density at radius 1 is 1.11 bits per heavy atom. The van der Waals surface area contributed by atoms with Crippen LogP contribution in [0.3, 0.4) is 0 Å². The summed E-state index contributed by atoms with van der Waals surface area (Å²) in [6.45, 7) is 0.142. The lowest BCUT2D eigenvalue weighted by Crippen LogP contribution is -1.95. The monoisotopic (exact) mass is 349 g/mol. The molecule has 0 unspecified atom stereocenters. The van der Waals surface area contributed by atoms with Crippen molar-refractivity contribution < 1.29 is 5.11 Å². The minimum atomic E-state index is 0.142. The van der Waals surface area contributed by atoms with Gasteiger partial charge in [-0.1, -0.05) is 18.2 Å². The highest BCUT2D eigenvalue weighted by Gasteiger charge is 2.05. The predicted octanol–water partition coefficient (Wildman–Crippen LogP) is 3.36. The third-order valence-electron chi connectivity index (χ3n) is 2.77. The molecule has 18 heavy (non-hydrogen) atoms. The fourth-order valence-electron chi connectivity index (χ4n) is 1.90. The summed E-state index contributed by atoms with van der Waals surface area (Å²) in [6.07, 6.45) is 0.645. The number of nitrogens with zero attached hydrogens (tertiary/aromatic N) is 1. The number of rotatable bonds is 3. The molecule has 0 aromatic heterocycles. The van der Waals surface area contributed by atoms with Gasteiger partial charge in [0.1, 0.15) is 0 Å². The van der Waals surface area contributed by atoms with Gasteiger partial charge in [-0.05, 0) is 70.0 Å². The smallest absolute Gasteiger partial charge is 0.0991 e. The van der Waals surface area contributed by atoms with E-state index in [4.69, 9.17) is 10.4 Å². The van der Waals surface area contributed by atoms with Crippen LogP contribution in [0.25, 0.3) is 11.1 Å². The Bertz CT molecular complexity index is 584. The molecule has 2 aromatic carbocycles. The van der Waals surface area contributed by atoms with Gasteiger partial charge in [-0.3, -0.25) is 0 Å². The van der Waals surface area contributed by atoms with Crippen molar-refractivity contribution in [2.45, 2.75) is 6.42 Å². The van der Waals surface area contributed by atoms with E-state index >= 15 is 0 Å². The van der Waals surface area contributed by atoms with E-state index in [1.54, 1.807) is 0 Å². The molecule has 0 amide bonds. The number of aliphatic hydroxyl groups is 1. The van der Waals surface area contributed by atoms with Crippen LogP contribution in [0.15, 0.2) is 42.5 Å². The van der Waals surface area contributed by atoms with E-state index in [0.717, 1.165) is 20.3 Å². The van der Waals surface area contributed by atoms with Gasteiger partial charge in [0.15, 0.2) is 0 Å². The van der Waals surface area contributed by atoms with Crippen molar-refractivity contribution in [2.24, 2.45) is 0 Å². The Kier molecular flexibility index (Phi) is 4.34. The first-order valence-corrected chi connectivity index (χ1v) is 6.72. The lowest BCUT2D eigenvalue weighted by Gasteiger charge is -2.09. The highest BCUT2D eigenvalue weighted by Crippen LogP contribution is 2.26. The Hall–Kier alpha value is -1.38. The van der Waals surface area contributed by atoms with E-state index in [2.05, 4.69) is 46.9 Å². The lowest BCUT2D eigenvalue weighted by atomic mass is 9.97. The number of hydrogen-bond acceptors (Lipinski definition) is 2. The average Bonchev–Trinajstić information content (AvgIpc) is 2.40. The van der Waals surface area contributed by atoms with Gasteiger partial charge >= 0.3 is 0 Å². The van der Waals surface area contributed by atoms with Gasteiger partial charge in [-0.15, -0.1) is 0 Å². The molecule has 2 nitrogen and oxygen atoms in total. The van der Waals surface area contributed by atoms with Gasteiger partial charge in [-0.2, -0.15) is 5.26 Å². The van der Waals surface area contributed by atoms with Crippen LogP contribution in [0.5, 0.6) is 0 Å². The molecular formula is C15H12INO. The third kappa shape index (κ3) is 2.89. The second-order valence-corrected chi connectivity index (χ2v) is 5.21. The largest absolute Gasteiger partial charge is 0.396 e. The second kappa shape index (κ2) is 5.98. The molecule has 0 fully saturated rings. The Balaban J connectivity index is 2.45. The predicted molar refractivity (Wildman–Crippen MR) is 80.1 cm³/mol. The Labute approximate surface area is 120 Å². The average molecular weight is 349 g/mol. The zero-order valence-electron chi connectivity index (χ0n) is 9.73. The van der Waals surface area contributed by atoms with Crippen LogP contribution in [0.4, 0.5) is 0 Å². The van der Waals surface area contributed by atoms with Gasteiger partial charge in [-0.25, -0.2) is 0 Å². The fourth-order valence-corrected chi connectivity index (χ4v) is 2.45. The first kappa shape index (κ1) is 13.1. The summed E-state index contributed by atoms with van der Waals surface area (Å²) in [4.78, 5) is 0. The number of aliphatic hydroxyl groups excluding tert-OH is 1. The maximum Gasteiger partial charge on any atom is 0.0991 e. The Morgan fingerprint density at radius 2 is 1.83 bits per heavy atom. The summed E-state index contributed by atoms with van der Waals surface area (Å²) < 4.78 is 1.16. The molecule has 0 aliphatic heterocycles. The third-order valence-corrected chi connectivity index (χ3v) is 3.44. The standard InChI is InChI=1S/C15H12INO/c16-14-5-6-15(13(9-14)7-8-18)12-3-1-11(10-17)2-4-12/h1-6,9,18H,7-8H2. The summed E-state index contributed by atoms with van der Waals surface area (Å²) in [6, 6.07) is 15.8. The van der Waals surface area contributed by atoms with E-state index < -0.39 is 0 Å². The van der Waals surface area contributed by atoms with E-state index in [-0.39, 0.29) is 6.61 Å². The highest BCUT2D eigenvalue weighted by atomic mass is 127. The molecule has 0 aliphatic carbocycles. The minimum Gasteiger partial charge on any atom is -0.396 e. The molecule has 90 valence electrons. The molecule has 0 atom stereocenters. The van der Waals surface area contributed by atoms with Crippen molar-refractivity contribution in [3.05, 3.63) is 57.2 Å². The quantitative estimate of drug-likeness (QED) is 0.864. The zero-order chi connectivity index (χ0) is 13.0. The highest BCUT2D eigenvalue weighted by molar-refractivity contribution is 14.1. The first-order chi connectivity index (χ1) is 8.74. The molecule has 0 bridgehead atoms. The summed E-state index contributed by atoms with van der Waals surface area (Å²) in [5.74, 6) is 0. The second-order valence-electron chi connectivity index (χ2n) is 3.96. The number of hydrogen-bond donors (Lipinski definition) is 1. The van der Waals surface area contributed by atoms with E-state index in [0.29, 0.717) is 12.0 Å². The topological polar surface area (TPSA) is 44.0 Å². The summed E-state index contributed by atoms with van der Waals surface area (Å²) in [7, 11) is 0.